The maximum atomic E-state index is 6.76. The maximum Gasteiger partial charge on any atom is 0.0494 e. The topological polar surface area (TPSA) is 3.24 Å². The molecule has 2 aliphatic heterocycles. The van der Waals surface area contributed by atoms with E-state index in [4.69, 9.17) is 11.6 Å². The fraction of sp³-hybridized carbons (Fsp3) is 0.474. The summed E-state index contributed by atoms with van der Waals surface area (Å²) in [5, 5.41) is 1.01. The lowest BCUT2D eigenvalue weighted by Gasteiger charge is -2.46. The van der Waals surface area contributed by atoms with E-state index in [-0.39, 0.29) is 0 Å². The normalized spacial score (nSPS) is 34.9. The fourth-order valence-corrected chi connectivity index (χ4v) is 5.31. The third-order valence-electron chi connectivity index (χ3n) is 5.98. The van der Waals surface area contributed by atoms with Gasteiger partial charge in [0.2, 0.25) is 0 Å². The SMILES string of the molecule is Cc1cc2c3c(c1Cl)C1C=CCC1CN3CC1CC=CC21. The van der Waals surface area contributed by atoms with E-state index < -0.39 is 0 Å². The van der Waals surface area contributed by atoms with Crippen molar-refractivity contribution in [2.24, 2.45) is 11.8 Å². The van der Waals surface area contributed by atoms with Crippen molar-refractivity contribution in [1.29, 1.82) is 0 Å². The molecule has 2 heterocycles. The van der Waals surface area contributed by atoms with E-state index in [2.05, 4.69) is 42.2 Å². The number of aryl methyl sites for hydroxylation is 1. The van der Waals surface area contributed by atoms with Crippen LogP contribution in [0.15, 0.2) is 30.4 Å². The Bertz CT molecular complexity index is 685. The number of halogens is 1. The molecule has 2 aliphatic carbocycles. The van der Waals surface area contributed by atoms with Crippen molar-refractivity contribution in [3.05, 3.63) is 52.1 Å². The van der Waals surface area contributed by atoms with Gasteiger partial charge in [0, 0.05) is 41.2 Å². The van der Waals surface area contributed by atoms with Crippen molar-refractivity contribution < 1.29 is 0 Å². The van der Waals surface area contributed by atoms with Gasteiger partial charge in [-0.2, -0.15) is 0 Å². The first-order chi connectivity index (χ1) is 10.2. The number of allylic oxidation sites excluding steroid dienone is 4. The van der Waals surface area contributed by atoms with Gasteiger partial charge in [0.05, 0.1) is 0 Å². The summed E-state index contributed by atoms with van der Waals surface area (Å²) in [4.78, 5) is 2.65. The van der Waals surface area contributed by atoms with Crippen LogP contribution in [0, 0.1) is 18.8 Å². The highest BCUT2D eigenvalue weighted by atomic mass is 35.5. The van der Waals surface area contributed by atoms with Gasteiger partial charge in [-0.3, -0.25) is 0 Å². The van der Waals surface area contributed by atoms with Crippen molar-refractivity contribution >= 4 is 17.3 Å². The van der Waals surface area contributed by atoms with E-state index in [0.29, 0.717) is 11.8 Å². The van der Waals surface area contributed by atoms with Gasteiger partial charge in [-0.25, -0.2) is 0 Å². The second-order valence-electron chi connectivity index (χ2n) is 7.16. The third-order valence-corrected chi connectivity index (χ3v) is 6.48. The van der Waals surface area contributed by atoms with E-state index in [0.717, 1.165) is 16.9 Å². The Morgan fingerprint density at radius 1 is 1.05 bits per heavy atom. The quantitative estimate of drug-likeness (QED) is 0.622. The van der Waals surface area contributed by atoms with Crippen molar-refractivity contribution in [2.75, 3.05) is 18.0 Å². The molecule has 4 atom stereocenters. The molecule has 0 bridgehead atoms. The van der Waals surface area contributed by atoms with Gasteiger partial charge in [0.25, 0.3) is 0 Å². The number of hydrogen-bond acceptors (Lipinski definition) is 1. The van der Waals surface area contributed by atoms with Crippen molar-refractivity contribution in [1.82, 2.24) is 0 Å². The molecule has 0 spiro atoms. The number of nitrogens with zero attached hydrogens (tertiary/aromatic N) is 1. The van der Waals surface area contributed by atoms with E-state index >= 15 is 0 Å². The molecule has 4 aliphatic rings. The first-order valence-electron chi connectivity index (χ1n) is 8.15. The minimum Gasteiger partial charge on any atom is -0.370 e. The van der Waals surface area contributed by atoms with Crippen LogP contribution in [0.4, 0.5) is 5.69 Å². The van der Waals surface area contributed by atoms with Crippen molar-refractivity contribution in [3.8, 4) is 0 Å². The van der Waals surface area contributed by atoms with Gasteiger partial charge in [0.1, 0.15) is 0 Å². The monoisotopic (exact) mass is 297 g/mol. The number of rotatable bonds is 0. The molecular weight excluding hydrogens is 278 g/mol. The van der Waals surface area contributed by atoms with Crippen LogP contribution in [-0.2, 0) is 0 Å². The Hall–Kier alpha value is -1.21. The molecule has 4 unspecified atom stereocenters. The molecule has 21 heavy (non-hydrogen) atoms. The Labute approximate surface area is 131 Å². The number of benzene rings is 1. The van der Waals surface area contributed by atoms with Gasteiger partial charge in [-0.05, 0) is 42.7 Å². The number of anilines is 1. The zero-order valence-electron chi connectivity index (χ0n) is 12.3. The van der Waals surface area contributed by atoms with Gasteiger partial charge >= 0.3 is 0 Å². The minimum atomic E-state index is 0.546. The molecule has 108 valence electrons. The average Bonchev–Trinajstić information content (AvgIpc) is 3.11. The summed E-state index contributed by atoms with van der Waals surface area (Å²) in [5.74, 6) is 2.67. The van der Waals surface area contributed by atoms with E-state index in [1.807, 2.05) is 0 Å². The summed E-state index contributed by atoms with van der Waals surface area (Å²) >= 11 is 6.76. The molecule has 0 N–H and O–H groups in total. The second-order valence-corrected chi connectivity index (χ2v) is 7.54. The highest BCUT2D eigenvalue weighted by Gasteiger charge is 2.43. The largest absolute Gasteiger partial charge is 0.370 e. The molecule has 0 amide bonds. The molecule has 5 rings (SSSR count). The Kier molecular flexibility index (Phi) is 2.45. The molecule has 0 radical (unpaired) electrons. The summed E-state index contributed by atoms with van der Waals surface area (Å²) in [6.07, 6.45) is 12.0. The first kappa shape index (κ1) is 12.3. The molecular formula is C19H20ClN. The molecule has 1 nitrogen and oxygen atoms in total. The van der Waals surface area contributed by atoms with E-state index in [1.54, 1.807) is 0 Å². The summed E-state index contributed by atoms with van der Waals surface area (Å²) in [5.41, 5.74) is 5.70. The highest BCUT2D eigenvalue weighted by Crippen LogP contribution is 2.55. The smallest absolute Gasteiger partial charge is 0.0494 e. The summed E-state index contributed by atoms with van der Waals surface area (Å²) in [6, 6.07) is 2.36. The highest BCUT2D eigenvalue weighted by molar-refractivity contribution is 6.32. The van der Waals surface area contributed by atoms with Crippen LogP contribution in [0.25, 0.3) is 0 Å². The summed E-state index contributed by atoms with van der Waals surface area (Å²) in [6.45, 7) is 4.59. The molecule has 0 aromatic heterocycles. The van der Waals surface area contributed by atoms with Crippen LogP contribution in [0.3, 0.4) is 0 Å². The van der Waals surface area contributed by atoms with Crippen LogP contribution in [0.1, 0.15) is 41.4 Å². The summed E-state index contributed by atoms with van der Waals surface area (Å²) < 4.78 is 0. The van der Waals surface area contributed by atoms with Gasteiger partial charge in [0.15, 0.2) is 0 Å². The fourth-order valence-electron chi connectivity index (χ4n) is 5.04. The zero-order valence-corrected chi connectivity index (χ0v) is 13.1. The lowest BCUT2D eigenvalue weighted by atomic mass is 9.74. The van der Waals surface area contributed by atoms with Crippen LogP contribution >= 0.6 is 11.6 Å². The molecule has 0 saturated heterocycles. The minimum absolute atomic E-state index is 0.546. The lowest BCUT2D eigenvalue weighted by Crippen LogP contribution is -2.43. The third kappa shape index (κ3) is 1.53. The lowest BCUT2D eigenvalue weighted by molar-refractivity contribution is 0.410. The Balaban J connectivity index is 1.80. The molecule has 0 fully saturated rings. The molecule has 0 saturated carbocycles. The van der Waals surface area contributed by atoms with Gasteiger partial charge < -0.3 is 4.90 Å². The van der Waals surface area contributed by atoms with Gasteiger partial charge in [-0.15, -0.1) is 0 Å². The maximum absolute atomic E-state index is 6.76. The van der Waals surface area contributed by atoms with Gasteiger partial charge in [-0.1, -0.05) is 42.0 Å². The number of hydrogen-bond donors (Lipinski definition) is 0. The molecule has 1 aromatic carbocycles. The average molecular weight is 298 g/mol. The van der Waals surface area contributed by atoms with Crippen LogP contribution < -0.4 is 4.90 Å². The van der Waals surface area contributed by atoms with Crippen molar-refractivity contribution in [3.63, 3.8) is 0 Å². The first-order valence-corrected chi connectivity index (χ1v) is 8.53. The predicted molar refractivity (Wildman–Crippen MR) is 88.4 cm³/mol. The number of fused-ring (bicyclic) bond motifs is 4. The molecule has 1 aromatic rings. The Morgan fingerprint density at radius 2 is 1.71 bits per heavy atom. The van der Waals surface area contributed by atoms with Crippen LogP contribution in [-0.4, -0.2) is 13.1 Å². The summed E-state index contributed by atoms with van der Waals surface area (Å²) in [7, 11) is 0. The van der Waals surface area contributed by atoms with Crippen LogP contribution in [0.5, 0.6) is 0 Å². The standard InChI is InChI=1S/C19H20ClN/c1-11-8-16-14-6-2-4-12(14)9-21-10-13-5-3-7-15(13)17(18(11)20)19(16)21/h2-3,6-8,12-15H,4-5,9-10H2,1H3. The van der Waals surface area contributed by atoms with Crippen LogP contribution in [0.2, 0.25) is 5.02 Å². The van der Waals surface area contributed by atoms with Crippen molar-refractivity contribution in [2.45, 2.75) is 31.6 Å². The van der Waals surface area contributed by atoms with E-state index in [9.17, 15) is 0 Å². The van der Waals surface area contributed by atoms with E-state index in [1.165, 1.54) is 48.3 Å². The zero-order chi connectivity index (χ0) is 14.1. The molecule has 2 heteroatoms. The second kappa shape index (κ2) is 4.16. The Morgan fingerprint density at radius 3 is 2.48 bits per heavy atom. The predicted octanol–water partition coefficient (Wildman–Crippen LogP) is 4.80.